The van der Waals surface area contributed by atoms with Crippen molar-refractivity contribution in [2.45, 2.75) is 18.0 Å². The van der Waals surface area contributed by atoms with Gasteiger partial charge in [-0.1, -0.05) is 0 Å². The van der Waals surface area contributed by atoms with Gasteiger partial charge in [-0.3, -0.25) is 4.68 Å². The summed E-state index contributed by atoms with van der Waals surface area (Å²) in [6.45, 7) is 1.62. The maximum Gasteiger partial charge on any atom is 0.246 e. The molecule has 0 spiro atoms. The van der Waals surface area contributed by atoms with Crippen LogP contribution in [0.25, 0.3) is 0 Å². The maximum atomic E-state index is 12.4. The molecule has 0 unspecified atom stereocenters. The molecule has 0 aliphatic heterocycles. The van der Waals surface area contributed by atoms with Crippen LogP contribution in [0.3, 0.4) is 0 Å². The van der Waals surface area contributed by atoms with Gasteiger partial charge in [0.2, 0.25) is 10.0 Å². The maximum absolute atomic E-state index is 12.4. The van der Waals surface area contributed by atoms with Crippen LogP contribution in [0, 0.1) is 0 Å². The summed E-state index contributed by atoms with van der Waals surface area (Å²) < 4.78 is 32.6. The van der Waals surface area contributed by atoms with E-state index in [-0.39, 0.29) is 11.4 Å². The molecule has 0 atom stereocenters. The number of likely N-dealkylation sites (N-methyl/N-ethyl adjacent to an activating group) is 1. The van der Waals surface area contributed by atoms with E-state index in [9.17, 15) is 8.42 Å². The highest BCUT2D eigenvalue weighted by molar-refractivity contribution is 7.89. The predicted molar refractivity (Wildman–Crippen MR) is 73.5 cm³/mol. The summed E-state index contributed by atoms with van der Waals surface area (Å²) >= 11 is 0. The molecule has 2 rings (SSSR count). The zero-order chi connectivity index (χ0) is 14.6. The van der Waals surface area contributed by atoms with E-state index in [1.165, 1.54) is 30.1 Å². The van der Waals surface area contributed by atoms with Gasteiger partial charge in [-0.05, 0) is 13.1 Å². The summed E-state index contributed by atoms with van der Waals surface area (Å²) in [7, 11) is -0.163. The Hall–Kier alpha value is -1.64. The van der Waals surface area contributed by atoms with Crippen molar-refractivity contribution in [2.75, 3.05) is 20.6 Å². The summed E-state index contributed by atoms with van der Waals surface area (Å²) in [6.07, 6.45) is 5.96. The molecular weight excluding hydrogens is 280 g/mol. The van der Waals surface area contributed by atoms with Crippen LogP contribution in [-0.4, -0.2) is 43.1 Å². The van der Waals surface area contributed by atoms with Crippen LogP contribution in [0.5, 0.6) is 0 Å². The summed E-state index contributed by atoms with van der Waals surface area (Å²) in [4.78, 5) is 0.194. The van der Waals surface area contributed by atoms with Crippen LogP contribution in [-0.2, 0) is 23.1 Å². The van der Waals surface area contributed by atoms with Crippen molar-refractivity contribution in [3.05, 3.63) is 36.5 Å². The van der Waals surface area contributed by atoms with Gasteiger partial charge in [-0.15, -0.1) is 0 Å². The third-order valence-electron chi connectivity index (χ3n) is 2.89. The predicted octanol–water partition coefficient (Wildman–Crippen LogP) is 0.516. The first-order chi connectivity index (χ1) is 9.54. The Labute approximate surface area is 118 Å². The highest BCUT2D eigenvalue weighted by atomic mass is 32.2. The Morgan fingerprint density at radius 1 is 1.50 bits per heavy atom. The molecule has 0 amide bonds. The smallest absolute Gasteiger partial charge is 0.246 e. The molecule has 1 N–H and O–H groups in total. The van der Waals surface area contributed by atoms with Crippen molar-refractivity contribution in [3.8, 4) is 0 Å². The molecule has 0 saturated heterocycles. The largest absolute Gasteiger partial charge is 0.472 e. The van der Waals surface area contributed by atoms with Gasteiger partial charge in [0.1, 0.15) is 4.90 Å². The molecule has 0 saturated carbocycles. The topological polar surface area (TPSA) is 80.4 Å². The summed E-state index contributed by atoms with van der Waals surface area (Å²) in [5, 5.41) is 7.04. The molecule has 110 valence electrons. The average molecular weight is 298 g/mol. The number of aromatic nitrogens is 2. The second-order valence-corrected chi connectivity index (χ2v) is 6.48. The molecule has 2 heterocycles. The number of rotatable bonds is 7. The molecule has 2 aromatic heterocycles. The van der Waals surface area contributed by atoms with E-state index in [0.29, 0.717) is 6.54 Å². The molecule has 0 fully saturated rings. The van der Waals surface area contributed by atoms with Gasteiger partial charge in [-0.2, -0.15) is 9.40 Å². The molecule has 20 heavy (non-hydrogen) atoms. The van der Waals surface area contributed by atoms with Gasteiger partial charge in [-0.25, -0.2) is 8.42 Å². The van der Waals surface area contributed by atoms with Gasteiger partial charge in [0.05, 0.1) is 25.3 Å². The van der Waals surface area contributed by atoms with Crippen molar-refractivity contribution >= 4 is 10.0 Å². The number of nitrogens with one attached hydrogen (secondary N) is 1. The Morgan fingerprint density at radius 3 is 2.95 bits per heavy atom. The second-order valence-electron chi connectivity index (χ2n) is 4.44. The second kappa shape index (κ2) is 6.21. The third kappa shape index (κ3) is 3.27. The van der Waals surface area contributed by atoms with Crippen LogP contribution < -0.4 is 5.32 Å². The van der Waals surface area contributed by atoms with E-state index in [1.807, 2.05) is 7.05 Å². The molecule has 0 aliphatic carbocycles. The van der Waals surface area contributed by atoms with Gasteiger partial charge < -0.3 is 9.73 Å². The van der Waals surface area contributed by atoms with E-state index in [2.05, 4.69) is 10.4 Å². The molecule has 0 radical (unpaired) electrons. The Kier molecular flexibility index (Phi) is 4.58. The van der Waals surface area contributed by atoms with Crippen LogP contribution in [0.1, 0.15) is 5.56 Å². The lowest BCUT2D eigenvalue weighted by Gasteiger charge is -2.14. The SMILES string of the molecule is CNCCn1cc(S(=O)(=O)N(C)Cc2ccoc2)cn1. The number of nitrogens with zero attached hydrogens (tertiary/aromatic N) is 3. The molecule has 2 aromatic rings. The van der Waals surface area contributed by atoms with E-state index in [0.717, 1.165) is 12.1 Å². The number of furan rings is 1. The van der Waals surface area contributed by atoms with Crippen molar-refractivity contribution in [1.29, 1.82) is 0 Å². The van der Waals surface area contributed by atoms with Gasteiger partial charge in [0, 0.05) is 31.9 Å². The Balaban J connectivity index is 2.10. The molecular formula is C12H18N4O3S. The van der Waals surface area contributed by atoms with Crippen LogP contribution in [0.15, 0.2) is 40.3 Å². The van der Waals surface area contributed by atoms with Crippen molar-refractivity contribution < 1.29 is 12.8 Å². The lowest BCUT2D eigenvalue weighted by atomic mass is 10.3. The Bertz CT molecular complexity index is 633. The Morgan fingerprint density at radius 2 is 2.30 bits per heavy atom. The number of sulfonamides is 1. The van der Waals surface area contributed by atoms with Crippen LogP contribution >= 0.6 is 0 Å². The fourth-order valence-corrected chi connectivity index (χ4v) is 2.85. The zero-order valence-corrected chi connectivity index (χ0v) is 12.3. The van der Waals surface area contributed by atoms with E-state index in [4.69, 9.17) is 4.42 Å². The lowest BCUT2D eigenvalue weighted by Crippen LogP contribution is -2.26. The minimum absolute atomic E-state index is 0.194. The first-order valence-electron chi connectivity index (χ1n) is 6.18. The molecule has 7 nitrogen and oxygen atoms in total. The average Bonchev–Trinajstić information content (AvgIpc) is 3.07. The van der Waals surface area contributed by atoms with Gasteiger partial charge in [0.25, 0.3) is 0 Å². The summed E-state index contributed by atoms with van der Waals surface area (Å²) in [5.74, 6) is 0. The lowest BCUT2D eigenvalue weighted by molar-refractivity contribution is 0.463. The van der Waals surface area contributed by atoms with Crippen molar-refractivity contribution in [2.24, 2.45) is 0 Å². The molecule has 0 aromatic carbocycles. The normalized spacial score (nSPS) is 12.2. The van der Waals surface area contributed by atoms with Gasteiger partial charge >= 0.3 is 0 Å². The highest BCUT2D eigenvalue weighted by Crippen LogP contribution is 2.16. The van der Waals surface area contributed by atoms with Crippen LogP contribution in [0.2, 0.25) is 0 Å². The van der Waals surface area contributed by atoms with Gasteiger partial charge in [0.15, 0.2) is 0 Å². The quantitative estimate of drug-likeness (QED) is 0.806. The van der Waals surface area contributed by atoms with Crippen LogP contribution in [0.4, 0.5) is 0 Å². The van der Waals surface area contributed by atoms with E-state index in [1.54, 1.807) is 16.9 Å². The third-order valence-corrected chi connectivity index (χ3v) is 4.65. The fraction of sp³-hybridized carbons (Fsp3) is 0.417. The number of hydrogen-bond acceptors (Lipinski definition) is 5. The first kappa shape index (κ1) is 14.8. The van der Waals surface area contributed by atoms with Crippen molar-refractivity contribution in [3.63, 3.8) is 0 Å². The van der Waals surface area contributed by atoms with Crippen molar-refractivity contribution in [1.82, 2.24) is 19.4 Å². The molecule has 0 bridgehead atoms. The highest BCUT2D eigenvalue weighted by Gasteiger charge is 2.22. The fourth-order valence-electron chi connectivity index (χ4n) is 1.73. The minimum Gasteiger partial charge on any atom is -0.472 e. The first-order valence-corrected chi connectivity index (χ1v) is 7.62. The molecule has 0 aliphatic rings. The van der Waals surface area contributed by atoms with E-state index < -0.39 is 10.0 Å². The number of hydrogen-bond donors (Lipinski definition) is 1. The monoisotopic (exact) mass is 298 g/mol. The molecule has 8 heteroatoms. The standard InChI is InChI=1S/C12H18N4O3S/c1-13-4-5-16-9-12(7-14-16)20(17,18)15(2)8-11-3-6-19-10-11/h3,6-7,9-10,13H,4-5,8H2,1-2H3. The zero-order valence-electron chi connectivity index (χ0n) is 11.5. The summed E-state index contributed by atoms with van der Waals surface area (Å²) in [5.41, 5.74) is 0.804. The summed E-state index contributed by atoms with van der Waals surface area (Å²) in [6, 6.07) is 1.74. The minimum atomic E-state index is -3.53. The van der Waals surface area contributed by atoms with E-state index >= 15 is 0 Å².